The minimum atomic E-state index is -0.627. The van der Waals surface area contributed by atoms with Crippen LogP contribution in [0.1, 0.15) is 65.2 Å². The molecule has 0 spiro atoms. The van der Waals surface area contributed by atoms with Gasteiger partial charge in [-0.05, 0) is 13.3 Å². The van der Waals surface area contributed by atoms with Crippen LogP contribution in [0.4, 0.5) is 0 Å². The van der Waals surface area contributed by atoms with E-state index in [9.17, 15) is 5.11 Å². The second-order valence-electron chi connectivity index (χ2n) is 4.80. The van der Waals surface area contributed by atoms with E-state index in [1.165, 1.54) is 38.5 Å². The van der Waals surface area contributed by atoms with E-state index in [1.54, 1.807) is 7.11 Å². The van der Waals surface area contributed by atoms with Crippen molar-refractivity contribution in [3.8, 4) is 0 Å². The Morgan fingerprint density at radius 3 is 2.07 bits per heavy atom. The Bertz CT molecular complexity index is 132. The van der Waals surface area contributed by atoms with Crippen LogP contribution >= 0.6 is 0 Å². The average molecular weight is 216 g/mol. The van der Waals surface area contributed by atoms with Gasteiger partial charge in [0.25, 0.3) is 0 Å². The number of aliphatic hydroxyl groups is 1. The van der Waals surface area contributed by atoms with E-state index in [2.05, 4.69) is 6.92 Å². The predicted octanol–water partition coefficient (Wildman–Crippen LogP) is 3.52. The smallest absolute Gasteiger partial charge is 0.0852 e. The first kappa shape index (κ1) is 14.9. The maximum Gasteiger partial charge on any atom is 0.0852 e. The van der Waals surface area contributed by atoms with Crippen LogP contribution in [0, 0.1) is 0 Å². The molecule has 0 amide bonds. The zero-order chi connectivity index (χ0) is 11.6. The van der Waals surface area contributed by atoms with Crippen LogP contribution < -0.4 is 0 Å². The first-order valence-electron chi connectivity index (χ1n) is 6.33. The molecule has 0 aliphatic heterocycles. The largest absolute Gasteiger partial charge is 0.388 e. The number of ether oxygens (including phenoxy) is 1. The highest BCUT2D eigenvalue weighted by atomic mass is 16.5. The topological polar surface area (TPSA) is 29.5 Å². The van der Waals surface area contributed by atoms with Crippen LogP contribution in [0.3, 0.4) is 0 Å². The second-order valence-corrected chi connectivity index (χ2v) is 4.80. The minimum Gasteiger partial charge on any atom is -0.388 e. The van der Waals surface area contributed by atoms with Gasteiger partial charge in [0.1, 0.15) is 0 Å². The zero-order valence-electron chi connectivity index (χ0n) is 10.7. The highest BCUT2D eigenvalue weighted by Gasteiger charge is 2.18. The molecule has 15 heavy (non-hydrogen) atoms. The van der Waals surface area contributed by atoms with Crippen molar-refractivity contribution in [1.82, 2.24) is 0 Å². The number of hydrogen-bond acceptors (Lipinski definition) is 2. The third-order valence-electron chi connectivity index (χ3n) is 2.77. The summed E-state index contributed by atoms with van der Waals surface area (Å²) in [6.45, 7) is 4.54. The average Bonchev–Trinajstić information content (AvgIpc) is 2.16. The summed E-state index contributed by atoms with van der Waals surface area (Å²) in [5.74, 6) is 0. The monoisotopic (exact) mass is 216 g/mol. The normalized spacial score (nSPS) is 15.2. The van der Waals surface area contributed by atoms with Gasteiger partial charge in [0.05, 0.1) is 12.2 Å². The van der Waals surface area contributed by atoms with Crippen LogP contribution in [0.5, 0.6) is 0 Å². The van der Waals surface area contributed by atoms with Gasteiger partial charge in [-0.2, -0.15) is 0 Å². The van der Waals surface area contributed by atoms with Crippen LogP contribution in [-0.2, 0) is 4.74 Å². The molecule has 0 aromatic carbocycles. The molecule has 0 fully saturated rings. The van der Waals surface area contributed by atoms with E-state index >= 15 is 0 Å². The molecular weight excluding hydrogens is 188 g/mol. The van der Waals surface area contributed by atoms with E-state index in [-0.39, 0.29) is 0 Å². The highest BCUT2D eigenvalue weighted by molar-refractivity contribution is 4.71. The number of methoxy groups -OCH3 is 1. The fourth-order valence-corrected chi connectivity index (χ4v) is 1.85. The summed E-state index contributed by atoms with van der Waals surface area (Å²) in [5.41, 5.74) is -0.627. The van der Waals surface area contributed by atoms with E-state index in [0.717, 1.165) is 12.8 Å². The lowest BCUT2D eigenvalue weighted by atomic mass is 9.98. The van der Waals surface area contributed by atoms with E-state index in [4.69, 9.17) is 4.74 Å². The molecule has 2 heteroatoms. The van der Waals surface area contributed by atoms with Crippen molar-refractivity contribution < 1.29 is 9.84 Å². The van der Waals surface area contributed by atoms with Gasteiger partial charge >= 0.3 is 0 Å². The van der Waals surface area contributed by atoms with Crippen LogP contribution in [-0.4, -0.2) is 24.4 Å². The molecule has 1 N–H and O–H groups in total. The van der Waals surface area contributed by atoms with Gasteiger partial charge in [0, 0.05) is 7.11 Å². The molecule has 0 radical (unpaired) electrons. The lowest BCUT2D eigenvalue weighted by Gasteiger charge is -2.21. The quantitative estimate of drug-likeness (QED) is 0.566. The van der Waals surface area contributed by atoms with E-state index in [1.807, 2.05) is 6.92 Å². The Morgan fingerprint density at radius 1 is 1.00 bits per heavy atom. The first-order valence-corrected chi connectivity index (χ1v) is 6.33. The lowest BCUT2D eigenvalue weighted by Crippen LogP contribution is -2.29. The molecule has 0 aromatic heterocycles. The molecule has 1 unspecified atom stereocenters. The maximum atomic E-state index is 9.83. The maximum absolute atomic E-state index is 9.83. The Hall–Kier alpha value is -0.0800. The van der Waals surface area contributed by atoms with Crippen molar-refractivity contribution in [2.24, 2.45) is 0 Å². The van der Waals surface area contributed by atoms with Crippen molar-refractivity contribution in [3.05, 3.63) is 0 Å². The summed E-state index contributed by atoms with van der Waals surface area (Å²) in [4.78, 5) is 0. The number of unbranched alkanes of at least 4 members (excludes halogenated alkanes) is 6. The fraction of sp³-hybridized carbons (Fsp3) is 1.00. The Labute approximate surface area is 95.0 Å². The summed E-state index contributed by atoms with van der Waals surface area (Å²) >= 11 is 0. The van der Waals surface area contributed by atoms with Gasteiger partial charge in [-0.15, -0.1) is 0 Å². The van der Waals surface area contributed by atoms with Crippen molar-refractivity contribution in [2.75, 3.05) is 13.7 Å². The molecule has 0 rings (SSSR count). The SMILES string of the molecule is CCCCCCCCCC(C)(O)COC. The van der Waals surface area contributed by atoms with Crippen molar-refractivity contribution in [1.29, 1.82) is 0 Å². The molecule has 2 nitrogen and oxygen atoms in total. The highest BCUT2D eigenvalue weighted by Crippen LogP contribution is 2.16. The molecule has 0 heterocycles. The summed E-state index contributed by atoms with van der Waals surface area (Å²) < 4.78 is 4.97. The Morgan fingerprint density at radius 2 is 1.53 bits per heavy atom. The summed E-state index contributed by atoms with van der Waals surface area (Å²) in [5, 5.41) is 9.83. The van der Waals surface area contributed by atoms with Crippen LogP contribution in [0.15, 0.2) is 0 Å². The van der Waals surface area contributed by atoms with Crippen molar-refractivity contribution >= 4 is 0 Å². The van der Waals surface area contributed by atoms with Gasteiger partial charge < -0.3 is 9.84 Å². The van der Waals surface area contributed by atoms with Crippen LogP contribution in [0.2, 0.25) is 0 Å². The first-order chi connectivity index (χ1) is 7.12. The molecule has 0 saturated heterocycles. The Kier molecular flexibility index (Phi) is 9.12. The van der Waals surface area contributed by atoms with E-state index < -0.39 is 5.60 Å². The van der Waals surface area contributed by atoms with Gasteiger partial charge in [0.2, 0.25) is 0 Å². The molecule has 0 aliphatic carbocycles. The summed E-state index contributed by atoms with van der Waals surface area (Å²) in [6, 6.07) is 0. The minimum absolute atomic E-state index is 0.447. The molecule has 0 aromatic rings. The molecule has 0 bridgehead atoms. The number of hydrogen-bond donors (Lipinski definition) is 1. The van der Waals surface area contributed by atoms with Crippen LogP contribution in [0.25, 0.3) is 0 Å². The van der Waals surface area contributed by atoms with Crippen molar-refractivity contribution in [3.63, 3.8) is 0 Å². The van der Waals surface area contributed by atoms with E-state index in [0.29, 0.717) is 6.61 Å². The molecule has 92 valence electrons. The molecular formula is C13H28O2. The molecule has 0 saturated carbocycles. The standard InChI is InChI=1S/C13H28O2/c1-4-5-6-7-8-9-10-11-13(2,14)12-15-3/h14H,4-12H2,1-3H3. The second kappa shape index (κ2) is 9.17. The fourth-order valence-electron chi connectivity index (χ4n) is 1.85. The van der Waals surface area contributed by atoms with Gasteiger partial charge in [-0.3, -0.25) is 0 Å². The summed E-state index contributed by atoms with van der Waals surface area (Å²) in [6.07, 6.45) is 9.90. The number of rotatable bonds is 10. The summed E-state index contributed by atoms with van der Waals surface area (Å²) in [7, 11) is 1.64. The van der Waals surface area contributed by atoms with Gasteiger partial charge in [-0.25, -0.2) is 0 Å². The third-order valence-corrected chi connectivity index (χ3v) is 2.77. The third kappa shape index (κ3) is 10.2. The van der Waals surface area contributed by atoms with Crippen molar-refractivity contribution in [2.45, 2.75) is 70.8 Å². The lowest BCUT2D eigenvalue weighted by molar-refractivity contribution is -0.0242. The zero-order valence-corrected chi connectivity index (χ0v) is 10.7. The van der Waals surface area contributed by atoms with Gasteiger partial charge in [-0.1, -0.05) is 51.9 Å². The molecule has 0 aliphatic rings. The van der Waals surface area contributed by atoms with Gasteiger partial charge in [0.15, 0.2) is 0 Å². The molecule has 1 atom stereocenters. The Balaban J connectivity index is 3.22. The predicted molar refractivity (Wildman–Crippen MR) is 65.1 cm³/mol.